The Morgan fingerprint density at radius 2 is 0.875 bits per heavy atom. The Hall–Kier alpha value is -6.38. The lowest BCUT2D eigenvalue weighted by Gasteiger charge is -2.14. The summed E-state index contributed by atoms with van der Waals surface area (Å²) >= 11 is 0. The molecule has 10 rings (SSSR count). The number of para-hydroxylation sites is 3. The average molecular weight is 611 g/mol. The molecule has 0 atom stereocenters. The highest BCUT2D eigenvalue weighted by molar-refractivity contribution is 6.19. The van der Waals surface area contributed by atoms with E-state index in [4.69, 9.17) is 0 Å². The molecule has 2 nitrogen and oxygen atoms in total. The van der Waals surface area contributed by atoms with Crippen LogP contribution >= 0.6 is 0 Å². The molecule has 0 N–H and O–H groups in total. The summed E-state index contributed by atoms with van der Waals surface area (Å²) in [4.78, 5) is 0. The highest BCUT2D eigenvalue weighted by Crippen LogP contribution is 2.41. The minimum atomic E-state index is 1.16. The molecule has 0 radical (unpaired) electrons. The second-order valence-electron chi connectivity index (χ2n) is 12.6. The van der Waals surface area contributed by atoms with Crippen molar-refractivity contribution in [2.45, 2.75) is 0 Å². The zero-order chi connectivity index (χ0) is 31.6. The van der Waals surface area contributed by atoms with Crippen LogP contribution < -0.4 is 0 Å². The van der Waals surface area contributed by atoms with E-state index < -0.39 is 0 Å². The van der Waals surface area contributed by atoms with Gasteiger partial charge in [-0.3, -0.25) is 0 Å². The lowest BCUT2D eigenvalue weighted by molar-refractivity contribution is 1.18. The zero-order valence-corrected chi connectivity index (χ0v) is 26.2. The van der Waals surface area contributed by atoms with Gasteiger partial charge in [0.15, 0.2) is 0 Å². The molecular formula is C46H30N2. The van der Waals surface area contributed by atoms with Crippen molar-refractivity contribution >= 4 is 54.4 Å². The number of benzene rings is 8. The van der Waals surface area contributed by atoms with Crippen molar-refractivity contribution in [3.05, 3.63) is 182 Å². The van der Waals surface area contributed by atoms with Gasteiger partial charge in [0.05, 0.1) is 27.8 Å². The first-order valence-electron chi connectivity index (χ1n) is 16.5. The van der Waals surface area contributed by atoms with Crippen LogP contribution in [-0.2, 0) is 0 Å². The van der Waals surface area contributed by atoms with Crippen LogP contribution in [0.5, 0.6) is 0 Å². The smallest absolute Gasteiger partial charge is 0.0549 e. The first-order chi connectivity index (χ1) is 23.8. The summed E-state index contributed by atoms with van der Waals surface area (Å²) < 4.78 is 4.90. The van der Waals surface area contributed by atoms with Crippen molar-refractivity contribution < 1.29 is 0 Å². The van der Waals surface area contributed by atoms with E-state index in [9.17, 15) is 0 Å². The number of hydrogen-bond donors (Lipinski definition) is 0. The van der Waals surface area contributed by atoms with Gasteiger partial charge in [-0.15, -0.1) is 0 Å². The third-order valence-electron chi connectivity index (χ3n) is 9.88. The second-order valence-corrected chi connectivity index (χ2v) is 12.6. The standard InChI is InChI=1S/C46H30N2/c1-2-14-32(15-3-1)37-19-6-9-22-42(37)48-44-24-11-8-21-39(44)41-29-45-40(30-46(41)48)38-20-7-10-23-43(38)47(45)36-18-12-17-34(28-36)35-26-25-31-13-4-5-16-33(31)27-35/h1-30H. The van der Waals surface area contributed by atoms with Gasteiger partial charge in [-0.2, -0.15) is 0 Å². The third-order valence-corrected chi connectivity index (χ3v) is 9.88. The van der Waals surface area contributed by atoms with Crippen LogP contribution in [0.2, 0.25) is 0 Å². The van der Waals surface area contributed by atoms with Crippen LogP contribution in [0.25, 0.3) is 88.0 Å². The summed E-state index contributed by atoms with van der Waals surface area (Å²) in [5, 5.41) is 7.50. The van der Waals surface area contributed by atoms with Crippen molar-refractivity contribution in [2.24, 2.45) is 0 Å². The van der Waals surface area contributed by atoms with E-state index >= 15 is 0 Å². The molecule has 0 aliphatic rings. The van der Waals surface area contributed by atoms with Crippen LogP contribution in [0.1, 0.15) is 0 Å². The van der Waals surface area contributed by atoms with E-state index in [-0.39, 0.29) is 0 Å². The number of aromatic nitrogens is 2. The molecule has 0 saturated heterocycles. The molecule has 0 unspecified atom stereocenters. The predicted octanol–water partition coefficient (Wildman–Crippen LogP) is 12.4. The number of rotatable bonds is 4. The molecule has 48 heavy (non-hydrogen) atoms. The van der Waals surface area contributed by atoms with Crippen molar-refractivity contribution in [2.75, 3.05) is 0 Å². The maximum atomic E-state index is 2.46. The van der Waals surface area contributed by atoms with E-state index in [2.05, 4.69) is 191 Å². The van der Waals surface area contributed by atoms with Gasteiger partial charge in [0, 0.05) is 32.8 Å². The maximum Gasteiger partial charge on any atom is 0.0549 e. The molecule has 2 heteroatoms. The summed E-state index contributed by atoms with van der Waals surface area (Å²) in [6.45, 7) is 0. The second kappa shape index (κ2) is 10.6. The Bertz CT molecular complexity index is 2830. The first-order valence-corrected chi connectivity index (χ1v) is 16.5. The minimum absolute atomic E-state index is 1.16. The lowest BCUT2D eigenvalue weighted by Crippen LogP contribution is -1.97. The molecule has 0 amide bonds. The Morgan fingerprint density at radius 1 is 0.292 bits per heavy atom. The van der Waals surface area contributed by atoms with E-state index in [1.165, 1.54) is 82.3 Å². The SMILES string of the molecule is c1ccc(-c2ccccc2-n2c3ccccc3c3cc4c(cc32)c2ccccc2n4-c2cccc(-c3ccc4ccccc4c3)c2)cc1. The van der Waals surface area contributed by atoms with Gasteiger partial charge in [-0.25, -0.2) is 0 Å². The summed E-state index contributed by atoms with van der Waals surface area (Å²) in [6, 6.07) is 66.2. The molecule has 0 aliphatic heterocycles. The van der Waals surface area contributed by atoms with Gasteiger partial charge < -0.3 is 9.13 Å². The van der Waals surface area contributed by atoms with Crippen molar-refractivity contribution in [3.8, 4) is 33.6 Å². The maximum absolute atomic E-state index is 2.46. The molecule has 0 aliphatic carbocycles. The Balaban J connectivity index is 1.25. The molecule has 0 spiro atoms. The summed E-state index contributed by atoms with van der Waals surface area (Å²) in [6.07, 6.45) is 0. The fraction of sp³-hybridized carbons (Fsp3) is 0. The monoisotopic (exact) mass is 610 g/mol. The molecule has 10 aromatic rings. The Kier molecular flexibility index (Phi) is 5.91. The fourth-order valence-electron chi connectivity index (χ4n) is 7.69. The molecular weight excluding hydrogens is 581 g/mol. The van der Waals surface area contributed by atoms with Gasteiger partial charge in [0.2, 0.25) is 0 Å². The van der Waals surface area contributed by atoms with Gasteiger partial charge in [-0.05, 0) is 76.0 Å². The molecule has 224 valence electrons. The molecule has 0 bridgehead atoms. The van der Waals surface area contributed by atoms with Crippen LogP contribution in [0, 0.1) is 0 Å². The van der Waals surface area contributed by atoms with Crippen LogP contribution in [0.15, 0.2) is 182 Å². The number of fused-ring (bicyclic) bond motifs is 7. The minimum Gasteiger partial charge on any atom is -0.309 e. The van der Waals surface area contributed by atoms with Crippen molar-refractivity contribution in [3.63, 3.8) is 0 Å². The van der Waals surface area contributed by atoms with Crippen LogP contribution in [-0.4, -0.2) is 9.13 Å². The average Bonchev–Trinajstić information content (AvgIpc) is 3.66. The molecule has 0 fully saturated rings. The van der Waals surface area contributed by atoms with Crippen LogP contribution in [0.4, 0.5) is 0 Å². The van der Waals surface area contributed by atoms with Gasteiger partial charge in [0.25, 0.3) is 0 Å². The Labute approximate surface area is 278 Å². The third kappa shape index (κ3) is 4.06. The summed E-state index contributed by atoms with van der Waals surface area (Å²) in [5.41, 5.74) is 12.0. The van der Waals surface area contributed by atoms with Gasteiger partial charge in [0.1, 0.15) is 0 Å². The highest BCUT2D eigenvalue weighted by Gasteiger charge is 2.20. The van der Waals surface area contributed by atoms with E-state index in [0.717, 1.165) is 5.69 Å². The lowest BCUT2D eigenvalue weighted by atomic mass is 10.0. The Morgan fingerprint density at radius 3 is 1.67 bits per heavy atom. The summed E-state index contributed by atoms with van der Waals surface area (Å²) in [5.74, 6) is 0. The number of nitrogens with zero attached hydrogens (tertiary/aromatic N) is 2. The van der Waals surface area contributed by atoms with Gasteiger partial charge in [-0.1, -0.05) is 133 Å². The van der Waals surface area contributed by atoms with Crippen molar-refractivity contribution in [1.29, 1.82) is 0 Å². The quantitative estimate of drug-likeness (QED) is 0.188. The van der Waals surface area contributed by atoms with E-state index in [1.54, 1.807) is 0 Å². The largest absolute Gasteiger partial charge is 0.309 e. The number of hydrogen-bond acceptors (Lipinski definition) is 0. The van der Waals surface area contributed by atoms with Crippen LogP contribution in [0.3, 0.4) is 0 Å². The van der Waals surface area contributed by atoms with Crippen molar-refractivity contribution in [1.82, 2.24) is 9.13 Å². The van der Waals surface area contributed by atoms with Gasteiger partial charge >= 0.3 is 0 Å². The molecule has 2 heterocycles. The van der Waals surface area contributed by atoms with E-state index in [0.29, 0.717) is 0 Å². The molecule has 8 aromatic carbocycles. The normalized spacial score (nSPS) is 11.8. The highest BCUT2D eigenvalue weighted by atomic mass is 15.0. The molecule has 0 saturated carbocycles. The predicted molar refractivity (Wildman–Crippen MR) is 203 cm³/mol. The molecule has 2 aromatic heterocycles. The first kappa shape index (κ1) is 26.8. The topological polar surface area (TPSA) is 9.86 Å². The zero-order valence-electron chi connectivity index (χ0n) is 26.2. The van der Waals surface area contributed by atoms with E-state index in [1.807, 2.05) is 0 Å². The summed E-state index contributed by atoms with van der Waals surface area (Å²) in [7, 11) is 0. The fourth-order valence-corrected chi connectivity index (χ4v) is 7.69.